The topological polar surface area (TPSA) is 62.2 Å². The molecule has 2 heterocycles. The van der Waals surface area contributed by atoms with E-state index in [9.17, 15) is 4.79 Å². The van der Waals surface area contributed by atoms with E-state index in [-0.39, 0.29) is 18.3 Å². The molecule has 2 N–H and O–H groups in total. The lowest BCUT2D eigenvalue weighted by atomic mass is 10.1. The van der Waals surface area contributed by atoms with Gasteiger partial charge in [-0.15, -0.1) is 12.4 Å². The Morgan fingerprint density at radius 2 is 2.13 bits per heavy atom. The van der Waals surface area contributed by atoms with Crippen LogP contribution in [0.4, 0.5) is 0 Å². The summed E-state index contributed by atoms with van der Waals surface area (Å²) in [7, 11) is 0. The standard InChI is InChI=1S/C23H35N5O.ClH/c1-3-5-13-27(4-2)18-20-9-6-8-19(15-20)16-25-23(29)22-11-14-28(26-22)21-10-7-12-24-17-21;/h6,8-9,11,14-15,21,24H,3-5,7,10,12-13,16-18H2,1-2H3,(H,25,29);1H. The van der Waals surface area contributed by atoms with Gasteiger partial charge in [0.15, 0.2) is 0 Å². The second kappa shape index (κ2) is 12.7. The molecular weight excluding hydrogens is 398 g/mol. The number of hydrogen-bond acceptors (Lipinski definition) is 4. The van der Waals surface area contributed by atoms with Crippen LogP contribution < -0.4 is 10.6 Å². The van der Waals surface area contributed by atoms with Crippen LogP contribution in [0.5, 0.6) is 0 Å². The smallest absolute Gasteiger partial charge is 0.272 e. The zero-order valence-electron chi connectivity index (χ0n) is 18.3. The fourth-order valence-electron chi connectivity index (χ4n) is 3.82. The molecular formula is C23H36ClN5O. The van der Waals surface area contributed by atoms with E-state index in [1.165, 1.54) is 18.4 Å². The number of carbonyl (C=O) groups is 1. The Kier molecular flexibility index (Phi) is 10.3. The van der Waals surface area contributed by atoms with E-state index in [0.29, 0.717) is 18.3 Å². The van der Waals surface area contributed by atoms with E-state index in [0.717, 1.165) is 51.1 Å². The van der Waals surface area contributed by atoms with Crippen molar-refractivity contribution in [2.45, 2.75) is 58.7 Å². The maximum absolute atomic E-state index is 12.5. The highest BCUT2D eigenvalue weighted by Crippen LogP contribution is 2.16. The molecule has 0 bridgehead atoms. The van der Waals surface area contributed by atoms with Crippen molar-refractivity contribution in [2.75, 3.05) is 26.2 Å². The van der Waals surface area contributed by atoms with Crippen LogP contribution in [0.15, 0.2) is 36.5 Å². The summed E-state index contributed by atoms with van der Waals surface area (Å²) in [5, 5.41) is 10.9. The van der Waals surface area contributed by atoms with E-state index >= 15 is 0 Å². The van der Waals surface area contributed by atoms with Crippen molar-refractivity contribution in [3.8, 4) is 0 Å². The molecule has 3 rings (SSSR count). The first-order chi connectivity index (χ1) is 14.2. The molecule has 1 aliphatic rings. The zero-order valence-corrected chi connectivity index (χ0v) is 19.1. The number of rotatable bonds is 10. The largest absolute Gasteiger partial charge is 0.347 e. The number of nitrogens with one attached hydrogen (secondary N) is 2. The van der Waals surface area contributed by atoms with Gasteiger partial charge in [-0.1, -0.05) is 44.5 Å². The third-order valence-electron chi connectivity index (χ3n) is 5.61. The van der Waals surface area contributed by atoms with Gasteiger partial charge in [0.1, 0.15) is 5.69 Å². The molecule has 30 heavy (non-hydrogen) atoms. The van der Waals surface area contributed by atoms with Crippen LogP contribution in [0, 0.1) is 0 Å². The number of nitrogens with zero attached hydrogens (tertiary/aromatic N) is 3. The molecule has 7 heteroatoms. The summed E-state index contributed by atoms with van der Waals surface area (Å²) >= 11 is 0. The number of unbranched alkanes of at least 4 members (excludes halogenated alkanes) is 1. The highest BCUT2D eigenvalue weighted by Gasteiger charge is 2.17. The third kappa shape index (κ3) is 7.11. The molecule has 0 spiro atoms. The Morgan fingerprint density at radius 1 is 1.30 bits per heavy atom. The van der Waals surface area contributed by atoms with Crippen molar-refractivity contribution in [2.24, 2.45) is 0 Å². The van der Waals surface area contributed by atoms with Crippen molar-refractivity contribution < 1.29 is 4.79 Å². The highest BCUT2D eigenvalue weighted by atomic mass is 35.5. The van der Waals surface area contributed by atoms with Crippen LogP contribution >= 0.6 is 12.4 Å². The van der Waals surface area contributed by atoms with E-state index < -0.39 is 0 Å². The van der Waals surface area contributed by atoms with Gasteiger partial charge in [0, 0.05) is 25.8 Å². The van der Waals surface area contributed by atoms with Crippen molar-refractivity contribution in [3.05, 3.63) is 53.3 Å². The lowest BCUT2D eigenvalue weighted by Crippen LogP contribution is -2.32. The molecule has 1 aromatic carbocycles. The minimum Gasteiger partial charge on any atom is -0.347 e. The maximum atomic E-state index is 12.5. The Balaban J connectivity index is 0.00000320. The monoisotopic (exact) mass is 433 g/mol. The Morgan fingerprint density at radius 3 is 2.87 bits per heavy atom. The minimum absolute atomic E-state index is 0. The molecule has 0 aliphatic carbocycles. The number of piperidine rings is 1. The SMILES string of the molecule is CCCCN(CC)Cc1cccc(CNC(=O)c2ccn(C3CCCNC3)n2)c1.Cl. The summed E-state index contributed by atoms with van der Waals surface area (Å²) in [5.74, 6) is -0.115. The number of hydrogen-bond donors (Lipinski definition) is 2. The predicted molar refractivity (Wildman–Crippen MR) is 124 cm³/mol. The maximum Gasteiger partial charge on any atom is 0.272 e. The van der Waals surface area contributed by atoms with E-state index in [4.69, 9.17) is 0 Å². The molecule has 2 aromatic rings. The molecule has 1 fully saturated rings. The van der Waals surface area contributed by atoms with Crippen LogP contribution in [-0.2, 0) is 13.1 Å². The first kappa shape index (κ1) is 24.4. The van der Waals surface area contributed by atoms with Gasteiger partial charge in [-0.3, -0.25) is 14.4 Å². The van der Waals surface area contributed by atoms with E-state index in [2.05, 4.69) is 58.7 Å². The molecule has 6 nitrogen and oxygen atoms in total. The second-order valence-electron chi connectivity index (χ2n) is 7.91. The molecule has 1 aliphatic heterocycles. The normalized spacial score (nSPS) is 16.3. The Hall–Kier alpha value is -1.89. The van der Waals surface area contributed by atoms with Gasteiger partial charge in [-0.25, -0.2) is 0 Å². The second-order valence-corrected chi connectivity index (χ2v) is 7.91. The van der Waals surface area contributed by atoms with Crippen LogP contribution in [0.2, 0.25) is 0 Å². The summed E-state index contributed by atoms with van der Waals surface area (Å²) in [6, 6.07) is 10.7. The number of benzene rings is 1. The predicted octanol–water partition coefficient (Wildman–Crippen LogP) is 3.78. The lowest BCUT2D eigenvalue weighted by Gasteiger charge is -2.22. The lowest BCUT2D eigenvalue weighted by molar-refractivity contribution is 0.0944. The fourth-order valence-corrected chi connectivity index (χ4v) is 3.82. The quantitative estimate of drug-likeness (QED) is 0.598. The molecule has 1 atom stereocenters. The van der Waals surface area contributed by atoms with Gasteiger partial charge in [0.05, 0.1) is 6.04 Å². The van der Waals surface area contributed by atoms with Crippen LogP contribution in [0.3, 0.4) is 0 Å². The molecule has 0 saturated carbocycles. The first-order valence-corrected chi connectivity index (χ1v) is 11.0. The molecule has 1 saturated heterocycles. The minimum atomic E-state index is -0.115. The highest BCUT2D eigenvalue weighted by molar-refractivity contribution is 5.92. The Labute approximate surface area is 186 Å². The molecule has 1 amide bonds. The molecule has 1 aromatic heterocycles. The summed E-state index contributed by atoms with van der Waals surface area (Å²) < 4.78 is 1.93. The van der Waals surface area contributed by atoms with Gasteiger partial charge in [-0.05, 0) is 56.1 Å². The van der Waals surface area contributed by atoms with Gasteiger partial charge in [0.2, 0.25) is 0 Å². The van der Waals surface area contributed by atoms with Crippen LogP contribution in [0.25, 0.3) is 0 Å². The van der Waals surface area contributed by atoms with E-state index in [1.54, 1.807) is 0 Å². The van der Waals surface area contributed by atoms with Crippen molar-refractivity contribution >= 4 is 18.3 Å². The van der Waals surface area contributed by atoms with Gasteiger partial charge >= 0.3 is 0 Å². The number of aromatic nitrogens is 2. The third-order valence-corrected chi connectivity index (χ3v) is 5.61. The number of halogens is 1. The average molecular weight is 434 g/mol. The van der Waals surface area contributed by atoms with Gasteiger partial charge in [-0.2, -0.15) is 5.10 Å². The zero-order chi connectivity index (χ0) is 20.5. The molecule has 1 unspecified atom stereocenters. The number of amides is 1. The number of carbonyl (C=O) groups excluding carboxylic acids is 1. The van der Waals surface area contributed by atoms with Crippen molar-refractivity contribution in [3.63, 3.8) is 0 Å². The summed E-state index contributed by atoms with van der Waals surface area (Å²) in [6.07, 6.45) is 6.62. The first-order valence-electron chi connectivity index (χ1n) is 11.0. The summed E-state index contributed by atoms with van der Waals surface area (Å²) in [6.45, 7) is 10.1. The Bertz CT molecular complexity index is 772. The summed E-state index contributed by atoms with van der Waals surface area (Å²) in [5.41, 5.74) is 2.91. The molecule has 166 valence electrons. The molecule has 0 radical (unpaired) electrons. The van der Waals surface area contributed by atoms with Gasteiger partial charge < -0.3 is 10.6 Å². The van der Waals surface area contributed by atoms with Crippen LogP contribution in [-0.4, -0.2) is 46.8 Å². The van der Waals surface area contributed by atoms with E-state index in [1.807, 2.05) is 16.9 Å². The van der Waals surface area contributed by atoms with Crippen molar-refractivity contribution in [1.82, 2.24) is 25.3 Å². The van der Waals surface area contributed by atoms with Crippen LogP contribution in [0.1, 0.15) is 67.2 Å². The fraction of sp³-hybridized carbons (Fsp3) is 0.565. The van der Waals surface area contributed by atoms with Gasteiger partial charge in [0.25, 0.3) is 5.91 Å². The van der Waals surface area contributed by atoms with Crippen molar-refractivity contribution in [1.29, 1.82) is 0 Å². The summed E-state index contributed by atoms with van der Waals surface area (Å²) in [4.78, 5) is 15.0. The average Bonchev–Trinajstić information content (AvgIpc) is 3.26.